The first kappa shape index (κ1) is 13.9. The lowest BCUT2D eigenvalue weighted by Crippen LogP contribution is -2.24. The fraction of sp³-hybridized carbons (Fsp3) is 0.769. The molecule has 102 valence electrons. The summed E-state index contributed by atoms with van der Waals surface area (Å²) in [5.41, 5.74) is 1.07. The second-order valence-electron chi connectivity index (χ2n) is 4.96. The van der Waals surface area contributed by atoms with Gasteiger partial charge in [0, 0.05) is 30.2 Å². The van der Waals surface area contributed by atoms with Crippen molar-refractivity contribution in [3.63, 3.8) is 0 Å². The van der Waals surface area contributed by atoms with Gasteiger partial charge in [0.05, 0.1) is 10.7 Å². The Morgan fingerprint density at radius 3 is 2.89 bits per heavy atom. The molecule has 2 nitrogen and oxygen atoms in total. The van der Waals surface area contributed by atoms with Crippen molar-refractivity contribution in [3.05, 3.63) is 15.6 Å². The van der Waals surface area contributed by atoms with E-state index in [1.807, 2.05) is 7.05 Å². The first-order valence-electron chi connectivity index (χ1n) is 6.56. The molecular weight excluding hydrogens is 254 g/mol. The summed E-state index contributed by atoms with van der Waals surface area (Å²) >= 11 is 1.61. The summed E-state index contributed by atoms with van der Waals surface area (Å²) in [6.45, 7) is 2.84. The predicted octanol–water partition coefficient (Wildman–Crippen LogP) is 3.72. The van der Waals surface area contributed by atoms with Crippen LogP contribution in [0.4, 0.5) is 8.78 Å². The van der Waals surface area contributed by atoms with Gasteiger partial charge in [-0.2, -0.15) is 0 Å². The lowest BCUT2D eigenvalue weighted by molar-refractivity contribution is -0.0408. The van der Waals surface area contributed by atoms with Crippen molar-refractivity contribution in [2.24, 2.45) is 0 Å². The first-order chi connectivity index (χ1) is 8.55. The predicted molar refractivity (Wildman–Crippen MR) is 70.4 cm³/mol. The molecule has 1 aromatic heterocycles. The molecule has 1 unspecified atom stereocenters. The highest BCUT2D eigenvalue weighted by molar-refractivity contribution is 7.11. The van der Waals surface area contributed by atoms with Crippen molar-refractivity contribution in [3.8, 4) is 0 Å². The van der Waals surface area contributed by atoms with E-state index < -0.39 is 5.92 Å². The van der Waals surface area contributed by atoms with Crippen LogP contribution in [0.5, 0.6) is 0 Å². The van der Waals surface area contributed by atoms with E-state index in [4.69, 9.17) is 0 Å². The molecule has 2 rings (SSSR count). The molecule has 0 aromatic carbocycles. The molecule has 0 saturated heterocycles. The van der Waals surface area contributed by atoms with Gasteiger partial charge in [-0.25, -0.2) is 13.8 Å². The molecule has 1 heterocycles. The largest absolute Gasteiger partial charge is 0.315 e. The minimum atomic E-state index is -2.50. The Bertz CT molecular complexity index is 404. The highest BCUT2D eigenvalue weighted by atomic mass is 32.1. The molecule has 1 aliphatic rings. The van der Waals surface area contributed by atoms with Crippen LogP contribution in [-0.2, 0) is 13.0 Å². The van der Waals surface area contributed by atoms with Crippen LogP contribution >= 0.6 is 11.3 Å². The first-order valence-corrected chi connectivity index (χ1v) is 7.38. The Labute approximate surface area is 111 Å². The molecule has 18 heavy (non-hydrogen) atoms. The van der Waals surface area contributed by atoms with Crippen molar-refractivity contribution in [2.45, 2.75) is 57.4 Å². The van der Waals surface area contributed by atoms with Crippen LogP contribution in [0.15, 0.2) is 0 Å². The van der Waals surface area contributed by atoms with Gasteiger partial charge in [-0.15, -0.1) is 11.3 Å². The summed E-state index contributed by atoms with van der Waals surface area (Å²) in [5.74, 6) is -2.54. The molecule has 0 radical (unpaired) electrons. The summed E-state index contributed by atoms with van der Waals surface area (Å²) in [6, 6.07) is 0. The van der Waals surface area contributed by atoms with Gasteiger partial charge in [0.1, 0.15) is 0 Å². The lowest BCUT2D eigenvalue weighted by atomic mass is 9.87. The summed E-state index contributed by atoms with van der Waals surface area (Å²) < 4.78 is 26.9. The van der Waals surface area contributed by atoms with Crippen molar-refractivity contribution >= 4 is 11.3 Å². The van der Waals surface area contributed by atoms with Crippen LogP contribution in [0.1, 0.15) is 54.1 Å². The fourth-order valence-corrected chi connectivity index (χ4v) is 3.84. The molecule has 0 aliphatic heterocycles. The number of aryl methyl sites for hydroxylation is 1. The monoisotopic (exact) mass is 274 g/mol. The molecule has 1 aromatic rings. The van der Waals surface area contributed by atoms with E-state index in [1.165, 1.54) is 4.88 Å². The van der Waals surface area contributed by atoms with Crippen molar-refractivity contribution in [1.82, 2.24) is 10.3 Å². The van der Waals surface area contributed by atoms with Gasteiger partial charge in [-0.1, -0.05) is 6.92 Å². The second-order valence-corrected chi connectivity index (χ2v) is 6.07. The van der Waals surface area contributed by atoms with E-state index in [9.17, 15) is 8.78 Å². The van der Waals surface area contributed by atoms with Crippen LogP contribution in [-0.4, -0.2) is 18.0 Å². The Morgan fingerprint density at radius 2 is 2.28 bits per heavy atom. The Kier molecular flexibility index (Phi) is 4.33. The van der Waals surface area contributed by atoms with Gasteiger partial charge in [0.25, 0.3) is 0 Å². The van der Waals surface area contributed by atoms with Crippen LogP contribution in [0, 0.1) is 0 Å². The van der Waals surface area contributed by atoms with Gasteiger partial charge in [-0.05, 0) is 26.3 Å². The molecule has 5 heteroatoms. The van der Waals surface area contributed by atoms with E-state index in [2.05, 4.69) is 17.2 Å². The normalized spacial score (nSPS) is 23.2. The molecule has 1 fully saturated rings. The Hall–Kier alpha value is -0.550. The average Bonchev–Trinajstić information content (AvgIpc) is 2.71. The van der Waals surface area contributed by atoms with E-state index in [-0.39, 0.29) is 18.8 Å². The third-order valence-corrected chi connectivity index (χ3v) is 4.72. The third kappa shape index (κ3) is 3.06. The van der Waals surface area contributed by atoms with Crippen molar-refractivity contribution < 1.29 is 8.78 Å². The Morgan fingerprint density at radius 1 is 1.50 bits per heavy atom. The molecule has 0 spiro atoms. The summed E-state index contributed by atoms with van der Waals surface area (Å²) in [6.07, 6.45) is 2.35. The maximum atomic E-state index is 13.4. The number of hydrogen-bond donors (Lipinski definition) is 1. The van der Waals surface area contributed by atoms with Crippen LogP contribution in [0.3, 0.4) is 0 Å². The highest BCUT2D eigenvalue weighted by Crippen LogP contribution is 2.43. The number of nitrogens with one attached hydrogen (secondary N) is 1. The minimum Gasteiger partial charge on any atom is -0.315 e. The number of aromatic nitrogens is 1. The summed E-state index contributed by atoms with van der Waals surface area (Å²) in [7, 11) is 1.90. The van der Waals surface area contributed by atoms with Crippen molar-refractivity contribution in [2.75, 3.05) is 7.05 Å². The smallest absolute Gasteiger partial charge is 0.248 e. The zero-order chi connectivity index (χ0) is 13.2. The second kappa shape index (κ2) is 5.61. The maximum Gasteiger partial charge on any atom is 0.248 e. The van der Waals surface area contributed by atoms with Gasteiger partial charge in [0.2, 0.25) is 5.92 Å². The fourth-order valence-electron chi connectivity index (χ4n) is 2.54. The standard InChI is InChI=1S/C13H20F2N2S/c1-3-10-11(8-16-2)18-12(17-10)9-5-4-6-13(14,15)7-9/h9,16H,3-8H2,1-2H3. The topological polar surface area (TPSA) is 24.9 Å². The van der Waals surface area contributed by atoms with Gasteiger partial charge < -0.3 is 5.32 Å². The van der Waals surface area contributed by atoms with E-state index in [1.54, 1.807) is 11.3 Å². The summed E-state index contributed by atoms with van der Waals surface area (Å²) in [5, 5.41) is 4.03. The number of nitrogens with zero attached hydrogens (tertiary/aromatic N) is 1. The maximum absolute atomic E-state index is 13.4. The van der Waals surface area contributed by atoms with E-state index in [0.717, 1.165) is 30.1 Å². The van der Waals surface area contributed by atoms with Crippen molar-refractivity contribution in [1.29, 1.82) is 0 Å². The molecular formula is C13H20F2N2S. The van der Waals surface area contributed by atoms with E-state index >= 15 is 0 Å². The third-order valence-electron chi connectivity index (χ3n) is 3.46. The van der Waals surface area contributed by atoms with Gasteiger partial charge >= 0.3 is 0 Å². The quantitative estimate of drug-likeness (QED) is 0.905. The summed E-state index contributed by atoms with van der Waals surface area (Å²) in [4.78, 5) is 5.78. The molecule has 0 bridgehead atoms. The van der Waals surface area contributed by atoms with Crippen LogP contribution in [0.25, 0.3) is 0 Å². The van der Waals surface area contributed by atoms with E-state index in [0.29, 0.717) is 6.42 Å². The number of hydrogen-bond acceptors (Lipinski definition) is 3. The Balaban J connectivity index is 2.17. The lowest BCUT2D eigenvalue weighted by Gasteiger charge is -2.27. The van der Waals surface area contributed by atoms with Gasteiger partial charge in [0.15, 0.2) is 0 Å². The molecule has 0 amide bonds. The zero-order valence-electron chi connectivity index (χ0n) is 10.9. The highest BCUT2D eigenvalue weighted by Gasteiger charge is 2.38. The van der Waals surface area contributed by atoms with Crippen LogP contribution in [0.2, 0.25) is 0 Å². The number of halogens is 2. The molecule has 1 aliphatic carbocycles. The zero-order valence-corrected chi connectivity index (χ0v) is 11.7. The molecule has 1 N–H and O–H groups in total. The SMILES string of the molecule is CCc1nc(C2CCCC(F)(F)C2)sc1CNC. The van der Waals surface area contributed by atoms with Crippen LogP contribution < -0.4 is 5.32 Å². The number of thiazole rings is 1. The minimum absolute atomic E-state index is 0.0251. The molecule has 1 saturated carbocycles. The average molecular weight is 274 g/mol. The molecule has 1 atom stereocenters. The number of rotatable bonds is 4. The van der Waals surface area contributed by atoms with Gasteiger partial charge in [-0.3, -0.25) is 0 Å². The number of alkyl halides is 2.